The zero-order chi connectivity index (χ0) is 20.0. The van der Waals surface area contributed by atoms with Crippen molar-refractivity contribution in [3.63, 3.8) is 0 Å². The smallest absolute Gasteiger partial charge is 0.231 e. The highest BCUT2D eigenvalue weighted by atomic mass is 32.2. The summed E-state index contributed by atoms with van der Waals surface area (Å²) < 4.78 is 1.90. The molecule has 0 unspecified atom stereocenters. The number of anilines is 1. The molecule has 0 bridgehead atoms. The van der Waals surface area contributed by atoms with Gasteiger partial charge in [0.05, 0.1) is 17.4 Å². The normalized spacial score (nSPS) is 17.8. The second-order valence-electron chi connectivity index (χ2n) is 7.50. The van der Waals surface area contributed by atoms with Crippen LogP contribution in [-0.4, -0.2) is 32.2 Å². The number of fused-ring (bicyclic) bond motifs is 1. The number of thioether (sulfide) groups is 1. The van der Waals surface area contributed by atoms with E-state index in [9.17, 15) is 9.59 Å². The Bertz CT molecular complexity index is 1110. The lowest BCUT2D eigenvalue weighted by Gasteiger charge is -2.05. The van der Waals surface area contributed by atoms with Crippen molar-refractivity contribution in [1.82, 2.24) is 14.8 Å². The maximum Gasteiger partial charge on any atom is 0.231 e. The van der Waals surface area contributed by atoms with Crippen molar-refractivity contribution < 1.29 is 9.59 Å². The molecule has 5 rings (SSSR count). The number of amides is 1. The summed E-state index contributed by atoms with van der Waals surface area (Å²) in [6, 6.07) is 15.4. The Kier molecular flexibility index (Phi) is 4.47. The van der Waals surface area contributed by atoms with Crippen LogP contribution in [0.5, 0.6) is 0 Å². The highest BCUT2D eigenvalue weighted by Gasteiger charge is 2.31. The summed E-state index contributed by atoms with van der Waals surface area (Å²) in [6.07, 6.45) is 2.27. The van der Waals surface area contributed by atoms with Gasteiger partial charge in [0.1, 0.15) is 5.82 Å². The predicted molar refractivity (Wildman–Crippen MR) is 112 cm³/mol. The molecular weight excluding hydrogens is 384 g/mol. The molecule has 29 heavy (non-hydrogen) atoms. The minimum Gasteiger partial charge on any atom is -0.325 e. The summed E-state index contributed by atoms with van der Waals surface area (Å²) in [5, 5.41) is 8.10. The monoisotopic (exact) mass is 404 g/mol. The first-order chi connectivity index (χ1) is 14.1. The molecule has 1 atom stereocenters. The molecule has 0 radical (unpaired) electrons. The minimum absolute atomic E-state index is 0.00776. The predicted octanol–water partition coefficient (Wildman–Crippen LogP) is 4.18. The Morgan fingerprint density at radius 2 is 2.00 bits per heavy atom. The molecule has 2 heterocycles. The highest BCUT2D eigenvalue weighted by molar-refractivity contribution is 7.99. The molecule has 2 aromatic carbocycles. The van der Waals surface area contributed by atoms with Crippen molar-refractivity contribution in [2.45, 2.75) is 36.8 Å². The van der Waals surface area contributed by atoms with Gasteiger partial charge in [0.25, 0.3) is 0 Å². The average Bonchev–Trinajstić information content (AvgIpc) is 3.44. The SMILES string of the molecule is C[C@@H]1C(=O)Nc2ccc(C(=O)CSc3nc(C4CC4)n(-c4ccccc4)n3)cc21. The van der Waals surface area contributed by atoms with E-state index in [0.717, 1.165) is 35.6 Å². The summed E-state index contributed by atoms with van der Waals surface area (Å²) in [6.45, 7) is 1.85. The lowest BCUT2D eigenvalue weighted by atomic mass is 9.99. The molecule has 2 aliphatic rings. The molecule has 1 saturated carbocycles. The number of carbonyl (C=O) groups is 2. The lowest BCUT2D eigenvalue weighted by molar-refractivity contribution is -0.116. The molecule has 1 fully saturated rings. The Balaban J connectivity index is 1.33. The van der Waals surface area contributed by atoms with E-state index in [1.165, 1.54) is 11.8 Å². The third-order valence-electron chi connectivity index (χ3n) is 5.38. The number of ketones is 1. The van der Waals surface area contributed by atoms with Crippen molar-refractivity contribution in [2.24, 2.45) is 0 Å². The summed E-state index contributed by atoms with van der Waals surface area (Å²) in [5.41, 5.74) is 3.28. The average molecular weight is 404 g/mol. The maximum atomic E-state index is 12.7. The molecular formula is C22H20N4O2S. The molecule has 1 amide bonds. The van der Waals surface area contributed by atoms with Gasteiger partial charge in [-0.15, -0.1) is 5.10 Å². The van der Waals surface area contributed by atoms with Crippen LogP contribution < -0.4 is 5.32 Å². The summed E-state index contributed by atoms with van der Waals surface area (Å²) >= 11 is 1.36. The first kappa shape index (κ1) is 18.1. The van der Waals surface area contributed by atoms with Gasteiger partial charge >= 0.3 is 0 Å². The van der Waals surface area contributed by atoms with Crippen LogP contribution in [0.25, 0.3) is 5.69 Å². The van der Waals surface area contributed by atoms with Gasteiger partial charge in [0.2, 0.25) is 11.1 Å². The quantitative estimate of drug-likeness (QED) is 0.493. The Hall–Kier alpha value is -2.93. The standard InChI is InChI=1S/C22H20N4O2S/c1-13-17-11-15(9-10-18(17)23-21(13)28)19(27)12-29-22-24-20(14-7-8-14)26(25-22)16-5-3-2-4-6-16/h2-6,9-11,13-14H,7-8,12H2,1H3,(H,23,28)/t13-/m0/s1. The number of hydrogen-bond acceptors (Lipinski definition) is 5. The largest absolute Gasteiger partial charge is 0.325 e. The first-order valence-electron chi connectivity index (χ1n) is 9.73. The molecule has 0 spiro atoms. The second kappa shape index (κ2) is 7.15. The molecule has 6 nitrogen and oxygen atoms in total. The molecule has 7 heteroatoms. The number of aromatic nitrogens is 3. The van der Waals surface area contributed by atoms with Crippen LogP contribution in [0.3, 0.4) is 0 Å². The van der Waals surface area contributed by atoms with Crippen LogP contribution in [0.2, 0.25) is 0 Å². The van der Waals surface area contributed by atoms with Crippen LogP contribution in [0, 0.1) is 0 Å². The maximum absolute atomic E-state index is 12.7. The number of hydrogen-bond donors (Lipinski definition) is 1. The minimum atomic E-state index is -0.227. The van der Waals surface area contributed by atoms with Crippen molar-refractivity contribution in [2.75, 3.05) is 11.1 Å². The summed E-state index contributed by atoms with van der Waals surface area (Å²) in [5.74, 6) is 1.45. The fourth-order valence-corrected chi connectivity index (χ4v) is 4.26. The van der Waals surface area contributed by atoms with Gasteiger partial charge in [-0.3, -0.25) is 9.59 Å². The number of para-hydroxylation sites is 1. The lowest BCUT2D eigenvalue weighted by Crippen LogP contribution is -2.08. The number of rotatable bonds is 6. The molecule has 146 valence electrons. The van der Waals surface area contributed by atoms with Crippen LogP contribution in [-0.2, 0) is 4.79 Å². The van der Waals surface area contributed by atoms with Gasteiger partial charge in [0.15, 0.2) is 5.78 Å². The third kappa shape index (κ3) is 3.46. The van der Waals surface area contributed by atoms with E-state index in [1.54, 1.807) is 6.07 Å². The van der Waals surface area contributed by atoms with Crippen LogP contribution in [0.4, 0.5) is 5.69 Å². The van der Waals surface area contributed by atoms with Gasteiger partial charge < -0.3 is 5.32 Å². The summed E-state index contributed by atoms with van der Waals surface area (Å²) in [4.78, 5) is 29.2. The fraction of sp³-hybridized carbons (Fsp3) is 0.273. The van der Waals surface area contributed by atoms with Gasteiger partial charge in [-0.05, 0) is 55.7 Å². The number of nitrogens with one attached hydrogen (secondary N) is 1. The van der Waals surface area contributed by atoms with Crippen LogP contribution >= 0.6 is 11.8 Å². The van der Waals surface area contributed by atoms with Crippen molar-refractivity contribution in [1.29, 1.82) is 0 Å². The number of carbonyl (C=O) groups excluding carboxylic acids is 2. The number of nitrogens with zero attached hydrogens (tertiary/aromatic N) is 3. The molecule has 1 aliphatic carbocycles. The Morgan fingerprint density at radius 3 is 2.76 bits per heavy atom. The van der Waals surface area contributed by atoms with E-state index < -0.39 is 0 Å². The van der Waals surface area contributed by atoms with Crippen LogP contribution in [0.1, 0.15) is 53.3 Å². The molecule has 1 aliphatic heterocycles. The molecule has 1 N–H and O–H groups in total. The van der Waals surface area contributed by atoms with E-state index in [-0.39, 0.29) is 23.4 Å². The number of benzene rings is 2. The van der Waals surface area contributed by atoms with Crippen molar-refractivity contribution in [3.8, 4) is 5.69 Å². The van der Waals surface area contributed by atoms with E-state index in [4.69, 9.17) is 4.98 Å². The van der Waals surface area contributed by atoms with Crippen molar-refractivity contribution in [3.05, 3.63) is 65.5 Å². The van der Waals surface area contributed by atoms with Crippen LogP contribution in [0.15, 0.2) is 53.7 Å². The second-order valence-corrected chi connectivity index (χ2v) is 8.44. The Labute approximate surface area is 172 Å². The van der Waals surface area contributed by atoms with E-state index in [0.29, 0.717) is 16.6 Å². The van der Waals surface area contributed by atoms with Gasteiger partial charge in [0, 0.05) is 17.2 Å². The first-order valence-corrected chi connectivity index (χ1v) is 10.7. The zero-order valence-electron chi connectivity index (χ0n) is 16.0. The molecule has 3 aromatic rings. The van der Waals surface area contributed by atoms with Gasteiger partial charge in [-0.1, -0.05) is 30.0 Å². The Morgan fingerprint density at radius 1 is 1.21 bits per heavy atom. The number of Topliss-reactive ketones (excluding diaryl/α,β-unsaturated/α-hetero) is 1. The highest BCUT2D eigenvalue weighted by Crippen LogP contribution is 2.40. The molecule has 1 aromatic heterocycles. The summed E-state index contributed by atoms with van der Waals surface area (Å²) in [7, 11) is 0. The van der Waals surface area contributed by atoms with Crippen molar-refractivity contribution >= 4 is 29.1 Å². The van der Waals surface area contributed by atoms with Gasteiger partial charge in [-0.2, -0.15) is 0 Å². The topological polar surface area (TPSA) is 76.9 Å². The van der Waals surface area contributed by atoms with E-state index in [2.05, 4.69) is 10.4 Å². The van der Waals surface area contributed by atoms with E-state index >= 15 is 0 Å². The van der Waals surface area contributed by atoms with Gasteiger partial charge in [-0.25, -0.2) is 9.67 Å². The molecule has 0 saturated heterocycles. The zero-order valence-corrected chi connectivity index (χ0v) is 16.8. The third-order valence-corrected chi connectivity index (χ3v) is 6.22. The van der Waals surface area contributed by atoms with E-state index in [1.807, 2.05) is 54.1 Å². The fourth-order valence-electron chi connectivity index (χ4n) is 3.53.